The van der Waals surface area contributed by atoms with Crippen molar-refractivity contribution in [2.45, 2.75) is 25.0 Å². The molecule has 0 aromatic carbocycles. The summed E-state index contributed by atoms with van der Waals surface area (Å²) in [6.07, 6.45) is 0.804. The summed E-state index contributed by atoms with van der Waals surface area (Å²) < 4.78 is 5.11. The fraction of sp³-hybridized carbons (Fsp3) is 0.833. The van der Waals surface area contributed by atoms with E-state index in [1.165, 1.54) is 0 Å². The van der Waals surface area contributed by atoms with Gasteiger partial charge in [-0.25, -0.2) is 0 Å². The minimum atomic E-state index is -0.709. The highest BCUT2D eigenvalue weighted by atomic mass is 16.5. The SMILES string of the molecule is CC1CC(N)(C#N)CO1. The van der Waals surface area contributed by atoms with E-state index in [0.717, 1.165) is 0 Å². The molecule has 1 saturated heterocycles. The standard InChI is InChI=1S/C6H10N2O/c1-5-2-6(8,3-7)4-9-5/h5H,2,4,8H2,1H3. The topological polar surface area (TPSA) is 59.0 Å². The molecular formula is C6H10N2O. The van der Waals surface area contributed by atoms with Gasteiger partial charge in [-0.3, -0.25) is 0 Å². The number of nitriles is 1. The molecule has 50 valence electrons. The molecule has 2 unspecified atom stereocenters. The molecule has 0 aromatic heterocycles. The van der Waals surface area contributed by atoms with Gasteiger partial charge in [0.15, 0.2) is 0 Å². The van der Waals surface area contributed by atoms with E-state index < -0.39 is 5.54 Å². The Bertz CT molecular complexity index is 152. The first kappa shape index (κ1) is 6.53. The van der Waals surface area contributed by atoms with Crippen molar-refractivity contribution in [2.75, 3.05) is 6.61 Å². The predicted octanol–water partition coefficient (Wildman–Crippen LogP) is 0.0163. The van der Waals surface area contributed by atoms with Gasteiger partial charge in [-0.1, -0.05) is 0 Å². The number of rotatable bonds is 0. The van der Waals surface area contributed by atoms with E-state index >= 15 is 0 Å². The zero-order chi connectivity index (χ0) is 6.91. The maximum atomic E-state index is 8.49. The first-order valence-corrected chi connectivity index (χ1v) is 2.98. The van der Waals surface area contributed by atoms with Crippen molar-refractivity contribution in [1.82, 2.24) is 0 Å². The summed E-state index contributed by atoms with van der Waals surface area (Å²) in [5.74, 6) is 0. The molecule has 0 spiro atoms. The van der Waals surface area contributed by atoms with E-state index in [1.54, 1.807) is 0 Å². The van der Waals surface area contributed by atoms with Gasteiger partial charge < -0.3 is 10.5 Å². The van der Waals surface area contributed by atoms with Crippen LogP contribution in [0.5, 0.6) is 0 Å². The Kier molecular flexibility index (Phi) is 1.43. The number of nitrogens with zero attached hydrogens (tertiary/aromatic N) is 1. The van der Waals surface area contributed by atoms with Crippen molar-refractivity contribution in [2.24, 2.45) is 5.73 Å². The molecule has 0 amide bonds. The highest BCUT2D eigenvalue weighted by Crippen LogP contribution is 2.19. The zero-order valence-corrected chi connectivity index (χ0v) is 5.42. The Labute approximate surface area is 54.4 Å². The van der Waals surface area contributed by atoms with E-state index in [9.17, 15) is 0 Å². The van der Waals surface area contributed by atoms with Crippen molar-refractivity contribution in [3.8, 4) is 6.07 Å². The largest absolute Gasteiger partial charge is 0.375 e. The van der Waals surface area contributed by atoms with E-state index in [4.69, 9.17) is 15.7 Å². The third-order valence-corrected chi connectivity index (χ3v) is 1.50. The molecule has 2 atom stereocenters. The molecule has 1 heterocycles. The van der Waals surface area contributed by atoms with Gasteiger partial charge in [-0.15, -0.1) is 0 Å². The lowest BCUT2D eigenvalue weighted by Gasteiger charge is -2.08. The van der Waals surface area contributed by atoms with E-state index in [2.05, 4.69) is 0 Å². The Morgan fingerprint density at radius 1 is 1.89 bits per heavy atom. The second-order valence-electron chi connectivity index (χ2n) is 2.59. The Hall–Kier alpha value is -0.590. The first-order valence-electron chi connectivity index (χ1n) is 2.98. The molecule has 1 fully saturated rings. The number of hydrogen-bond donors (Lipinski definition) is 1. The number of nitrogens with two attached hydrogens (primary N) is 1. The zero-order valence-electron chi connectivity index (χ0n) is 5.42. The monoisotopic (exact) mass is 126 g/mol. The molecule has 0 aliphatic carbocycles. The van der Waals surface area contributed by atoms with Crippen LogP contribution in [0.25, 0.3) is 0 Å². The molecular weight excluding hydrogens is 116 g/mol. The molecule has 1 aliphatic rings. The van der Waals surface area contributed by atoms with Crippen LogP contribution in [0.3, 0.4) is 0 Å². The van der Waals surface area contributed by atoms with E-state index in [1.807, 2.05) is 13.0 Å². The van der Waals surface area contributed by atoms with Gasteiger partial charge >= 0.3 is 0 Å². The second-order valence-corrected chi connectivity index (χ2v) is 2.59. The van der Waals surface area contributed by atoms with Crippen molar-refractivity contribution in [1.29, 1.82) is 5.26 Å². The quantitative estimate of drug-likeness (QED) is 0.497. The molecule has 3 nitrogen and oxygen atoms in total. The summed E-state index contributed by atoms with van der Waals surface area (Å²) in [5.41, 5.74) is 4.85. The van der Waals surface area contributed by atoms with Crippen LogP contribution in [0.2, 0.25) is 0 Å². The van der Waals surface area contributed by atoms with Crippen LogP contribution in [0.4, 0.5) is 0 Å². The minimum absolute atomic E-state index is 0.148. The summed E-state index contributed by atoms with van der Waals surface area (Å²) in [7, 11) is 0. The normalized spacial score (nSPS) is 42.6. The summed E-state index contributed by atoms with van der Waals surface area (Å²) >= 11 is 0. The van der Waals surface area contributed by atoms with Crippen molar-refractivity contribution >= 4 is 0 Å². The maximum absolute atomic E-state index is 8.49. The maximum Gasteiger partial charge on any atom is 0.130 e. The van der Waals surface area contributed by atoms with Gasteiger partial charge in [0.25, 0.3) is 0 Å². The molecule has 0 radical (unpaired) electrons. The van der Waals surface area contributed by atoms with Crippen LogP contribution in [0.1, 0.15) is 13.3 Å². The summed E-state index contributed by atoms with van der Waals surface area (Å²) in [4.78, 5) is 0. The van der Waals surface area contributed by atoms with Crippen molar-refractivity contribution in [3.05, 3.63) is 0 Å². The summed E-state index contributed by atoms with van der Waals surface area (Å²) in [5, 5.41) is 8.49. The second kappa shape index (κ2) is 1.98. The Morgan fingerprint density at radius 3 is 2.78 bits per heavy atom. The molecule has 1 rings (SSSR count). The van der Waals surface area contributed by atoms with Crippen LogP contribution in [-0.2, 0) is 4.74 Å². The van der Waals surface area contributed by atoms with Crippen molar-refractivity contribution in [3.63, 3.8) is 0 Å². The molecule has 3 heteroatoms. The van der Waals surface area contributed by atoms with Crippen molar-refractivity contribution < 1.29 is 4.74 Å². The van der Waals surface area contributed by atoms with Gasteiger partial charge in [-0.2, -0.15) is 5.26 Å². The highest BCUT2D eigenvalue weighted by Gasteiger charge is 2.34. The van der Waals surface area contributed by atoms with Gasteiger partial charge in [-0.05, 0) is 6.92 Å². The van der Waals surface area contributed by atoms with Crippen LogP contribution in [0, 0.1) is 11.3 Å². The summed E-state index contributed by atoms with van der Waals surface area (Å²) in [6, 6.07) is 2.02. The van der Waals surface area contributed by atoms with E-state index in [-0.39, 0.29) is 6.10 Å². The van der Waals surface area contributed by atoms with Crippen LogP contribution in [0.15, 0.2) is 0 Å². The fourth-order valence-corrected chi connectivity index (χ4v) is 1.000. The lowest BCUT2D eigenvalue weighted by Crippen LogP contribution is -2.38. The van der Waals surface area contributed by atoms with Gasteiger partial charge in [0, 0.05) is 6.42 Å². The number of ether oxygens (including phenoxy) is 1. The third-order valence-electron chi connectivity index (χ3n) is 1.50. The van der Waals surface area contributed by atoms with Crippen LogP contribution >= 0.6 is 0 Å². The molecule has 9 heavy (non-hydrogen) atoms. The molecule has 0 saturated carbocycles. The fourth-order valence-electron chi connectivity index (χ4n) is 1.000. The molecule has 0 bridgehead atoms. The lowest BCUT2D eigenvalue weighted by molar-refractivity contribution is 0.120. The van der Waals surface area contributed by atoms with Gasteiger partial charge in [0.1, 0.15) is 5.54 Å². The minimum Gasteiger partial charge on any atom is -0.375 e. The molecule has 1 aliphatic heterocycles. The van der Waals surface area contributed by atoms with Gasteiger partial charge in [0.05, 0.1) is 18.8 Å². The van der Waals surface area contributed by atoms with Crippen LogP contribution < -0.4 is 5.73 Å². The summed E-state index contributed by atoms with van der Waals surface area (Å²) in [6.45, 7) is 2.30. The van der Waals surface area contributed by atoms with Crippen LogP contribution in [-0.4, -0.2) is 18.2 Å². The average molecular weight is 126 g/mol. The number of hydrogen-bond acceptors (Lipinski definition) is 3. The molecule has 0 aromatic rings. The lowest BCUT2D eigenvalue weighted by atomic mass is 10.0. The smallest absolute Gasteiger partial charge is 0.130 e. The average Bonchev–Trinajstić information content (AvgIpc) is 2.13. The molecule has 2 N–H and O–H groups in total. The first-order chi connectivity index (χ1) is 4.16. The highest BCUT2D eigenvalue weighted by molar-refractivity contribution is 5.08. The van der Waals surface area contributed by atoms with E-state index in [0.29, 0.717) is 13.0 Å². The third kappa shape index (κ3) is 1.21. The predicted molar refractivity (Wildman–Crippen MR) is 32.6 cm³/mol. The Balaban J connectivity index is 2.58. The Morgan fingerprint density at radius 2 is 2.56 bits per heavy atom. The van der Waals surface area contributed by atoms with Gasteiger partial charge in [0.2, 0.25) is 0 Å².